The van der Waals surface area contributed by atoms with Gasteiger partial charge in [0, 0.05) is 0 Å². The number of allylic oxidation sites excluding steroid dienone is 2. The summed E-state index contributed by atoms with van der Waals surface area (Å²) in [5, 5.41) is 0. The van der Waals surface area contributed by atoms with Crippen molar-refractivity contribution in [2.45, 2.75) is 0 Å². The van der Waals surface area contributed by atoms with E-state index in [0.717, 1.165) is 0 Å². The quantitative estimate of drug-likeness (QED) is 0.421. The van der Waals surface area contributed by atoms with Gasteiger partial charge in [-0.3, -0.25) is 0 Å². The van der Waals surface area contributed by atoms with E-state index >= 15 is 0 Å². The molecule has 0 saturated carbocycles. The fourth-order valence-electron chi connectivity index (χ4n) is 0.219. The summed E-state index contributed by atoms with van der Waals surface area (Å²) in [4.78, 5) is 21.6. The van der Waals surface area contributed by atoms with Crippen LogP contribution in [-0.2, 0) is 4.57 Å². The van der Waals surface area contributed by atoms with Crippen LogP contribution in [0, 0.1) is 0 Å². The number of phosphoric acid groups is 1. The molecule has 0 aromatic carbocycles. The van der Waals surface area contributed by atoms with Gasteiger partial charge in [0.1, 0.15) is 0 Å². The van der Waals surface area contributed by atoms with Crippen molar-refractivity contribution in [3.63, 3.8) is 0 Å². The molecule has 1 aliphatic rings. The molecule has 0 fully saturated rings. The first kappa shape index (κ1) is 12.0. The van der Waals surface area contributed by atoms with Crippen LogP contribution in [0.3, 0.4) is 0 Å². The second-order valence-electron chi connectivity index (χ2n) is 1.36. The average Bonchev–Trinajstić information content (AvgIpc) is 1.88. The molecular formula is C4H9I2O4P. The third-order valence-corrected chi connectivity index (χ3v) is 8.67. The van der Waals surface area contributed by atoms with Gasteiger partial charge in [-0.15, -0.1) is 0 Å². The zero-order valence-electron chi connectivity index (χ0n) is 5.32. The van der Waals surface area contributed by atoms with Gasteiger partial charge in [0.15, 0.2) is 0 Å². The van der Waals surface area contributed by atoms with Crippen LogP contribution in [0.5, 0.6) is 0 Å². The van der Waals surface area contributed by atoms with Crippen LogP contribution in [0.15, 0.2) is 20.3 Å². The Balaban J connectivity index is 0.000000187. The fraction of sp³-hybridized carbons (Fsp3) is 0. The second-order valence-corrected chi connectivity index (χ2v) is 12.4. The Morgan fingerprint density at radius 1 is 1.00 bits per heavy atom. The van der Waals surface area contributed by atoms with Crippen LogP contribution in [0.1, 0.15) is 0 Å². The van der Waals surface area contributed by atoms with E-state index in [1.807, 2.05) is 0 Å². The van der Waals surface area contributed by atoms with Crippen LogP contribution in [0.25, 0.3) is 0 Å². The van der Waals surface area contributed by atoms with Gasteiger partial charge in [-0.1, -0.05) is 0 Å². The zero-order chi connectivity index (χ0) is 8.74. The number of rotatable bonds is 0. The summed E-state index contributed by atoms with van der Waals surface area (Å²) in [6, 6.07) is 0. The smallest absolute Gasteiger partial charge is 0.303 e. The van der Waals surface area contributed by atoms with Crippen LogP contribution in [0.4, 0.5) is 0 Å². The van der Waals surface area contributed by atoms with E-state index in [9.17, 15) is 0 Å². The summed E-state index contributed by atoms with van der Waals surface area (Å²) in [5.74, 6) is 0. The molecule has 0 unspecified atom stereocenters. The van der Waals surface area contributed by atoms with Gasteiger partial charge in [-0.2, -0.15) is 0 Å². The molecule has 1 rings (SSSR count). The first-order valence-corrected chi connectivity index (χ1v) is 14.0. The summed E-state index contributed by atoms with van der Waals surface area (Å²) in [6.07, 6.45) is 4.35. The van der Waals surface area contributed by atoms with Crippen molar-refractivity contribution in [1.82, 2.24) is 0 Å². The molecule has 0 spiro atoms. The Kier molecular flexibility index (Phi) is 7.18. The zero-order valence-corrected chi connectivity index (χ0v) is 10.9. The van der Waals surface area contributed by atoms with Gasteiger partial charge < -0.3 is 14.7 Å². The Hall–Kier alpha value is 1.05. The van der Waals surface area contributed by atoms with E-state index in [0.29, 0.717) is 34.5 Å². The maximum atomic E-state index is 8.88. The topological polar surface area (TPSA) is 77.8 Å². The largest absolute Gasteiger partial charge is 0.466 e. The van der Waals surface area contributed by atoms with E-state index in [2.05, 4.69) is 20.3 Å². The van der Waals surface area contributed by atoms with Gasteiger partial charge in [0.05, 0.1) is 0 Å². The Morgan fingerprint density at radius 3 is 1.36 bits per heavy atom. The molecule has 3 N–H and O–H groups in total. The molecule has 68 valence electrons. The normalized spacial score (nSPS) is 17.0. The monoisotopic (exact) mass is 406 g/mol. The minimum absolute atomic E-state index is 0.435. The molecule has 0 saturated heterocycles. The maximum absolute atomic E-state index is 8.88. The van der Waals surface area contributed by atoms with Crippen molar-refractivity contribution < 1.29 is 19.2 Å². The predicted molar refractivity (Wildman–Crippen MR) is 63.4 cm³/mol. The fourth-order valence-corrected chi connectivity index (χ4v) is 6.38. The van der Waals surface area contributed by atoms with Crippen LogP contribution < -0.4 is 0 Å². The third-order valence-electron chi connectivity index (χ3n) is 0.435. The van der Waals surface area contributed by atoms with Gasteiger partial charge >= 0.3 is 62.6 Å². The minimum Gasteiger partial charge on any atom is -0.303 e. The van der Waals surface area contributed by atoms with E-state index in [1.54, 1.807) is 0 Å². The van der Waals surface area contributed by atoms with Gasteiger partial charge in [-0.25, -0.2) is 4.57 Å². The maximum Gasteiger partial charge on any atom is 0.466 e. The van der Waals surface area contributed by atoms with Gasteiger partial charge in [-0.05, 0) is 0 Å². The van der Waals surface area contributed by atoms with Crippen LogP contribution >= 0.6 is 42.3 Å². The van der Waals surface area contributed by atoms with Gasteiger partial charge in [0.25, 0.3) is 0 Å². The molecule has 0 bridgehead atoms. The molecule has 1 aliphatic heterocycles. The molecule has 0 amide bonds. The average molecular weight is 406 g/mol. The Bertz CT molecular complexity index is 176. The van der Waals surface area contributed by atoms with Crippen LogP contribution in [-0.4, -0.2) is 14.7 Å². The molecule has 0 radical (unpaired) electrons. The predicted octanol–water partition coefficient (Wildman–Crippen LogP) is 1.42. The summed E-state index contributed by atoms with van der Waals surface area (Å²) < 4.78 is 13.6. The van der Waals surface area contributed by atoms with Crippen LogP contribution in [0.2, 0.25) is 0 Å². The first-order valence-electron chi connectivity index (χ1n) is 2.42. The van der Waals surface area contributed by atoms with Crippen molar-refractivity contribution in [3.05, 3.63) is 20.3 Å². The van der Waals surface area contributed by atoms with E-state index in [-0.39, 0.29) is 0 Å². The third kappa shape index (κ3) is 18.2. The molecular weight excluding hydrogens is 397 g/mol. The van der Waals surface area contributed by atoms with Crippen molar-refractivity contribution in [1.29, 1.82) is 0 Å². The molecule has 0 aliphatic carbocycles. The summed E-state index contributed by atoms with van der Waals surface area (Å²) in [5.41, 5.74) is 0. The number of hydrogen-bond acceptors (Lipinski definition) is 1. The Morgan fingerprint density at radius 2 is 1.27 bits per heavy atom. The summed E-state index contributed by atoms with van der Waals surface area (Å²) in [7, 11) is -4.64. The summed E-state index contributed by atoms with van der Waals surface area (Å²) in [6.45, 7) is 0. The number of hydrogen-bond donors (Lipinski definition) is 3. The second kappa shape index (κ2) is 6.55. The molecule has 0 aromatic rings. The molecule has 11 heavy (non-hydrogen) atoms. The SMILES string of the molecule is C1=C[IH][IH]C=C1.O=P(O)(O)O. The van der Waals surface area contributed by atoms with Crippen molar-refractivity contribution in [3.8, 4) is 0 Å². The molecule has 0 aromatic heterocycles. The first-order chi connectivity index (χ1) is 5.00. The van der Waals surface area contributed by atoms with Crippen molar-refractivity contribution in [2.75, 3.05) is 0 Å². The molecule has 1 heterocycles. The molecule has 4 nitrogen and oxygen atoms in total. The van der Waals surface area contributed by atoms with Crippen molar-refractivity contribution >= 4 is 42.3 Å². The minimum atomic E-state index is -4.64. The standard InChI is InChI=1S/C4H6I2.H3O4P/c1-2-4-6-5-3-1;1-5(2,3)4/h1-6H;(H3,1,2,3,4). The summed E-state index contributed by atoms with van der Waals surface area (Å²) >= 11 is 0.869. The van der Waals surface area contributed by atoms with E-state index in [1.165, 1.54) is 0 Å². The van der Waals surface area contributed by atoms with Crippen molar-refractivity contribution in [2.24, 2.45) is 0 Å². The van der Waals surface area contributed by atoms with E-state index in [4.69, 9.17) is 19.2 Å². The Labute approximate surface area is 81.2 Å². The molecule has 7 heteroatoms. The van der Waals surface area contributed by atoms with E-state index < -0.39 is 7.82 Å². The number of halogens is 2. The van der Waals surface area contributed by atoms with Gasteiger partial charge in [0.2, 0.25) is 0 Å². The molecule has 0 atom stereocenters.